The summed E-state index contributed by atoms with van der Waals surface area (Å²) in [5.74, 6) is 1.05. The number of pyridine rings is 1. The first-order chi connectivity index (χ1) is 15.8. The number of hydrogen-bond acceptors (Lipinski definition) is 5. The number of benzene rings is 1. The monoisotopic (exact) mass is 459 g/mol. The summed E-state index contributed by atoms with van der Waals surface area (Å²) in [6.45, 7) is 2.18. The molecule has 0 saturated carbocycles. The Kier molecular flexibility index (Phi) is 6.62. The fraction of sp³-hybridized carbons (Fsp3) is 0.391. The first-order valence-electron chi connectivity index (χ1n) is 10.9. The lowest BCUT2D eigenvalue weighted by Crippen LogP contribution is -2.35. The molecule has 0 unspecified atom stereocenters. The van der Waals surface area contributed by atoms with Crippen molar-refractivity contribution in [1.82, 2.24) is 19.9 Å². The molecule has 1 aromatic carbocycles. The average molecular weight is 459 g/mol. The number of hydrogen-bond donors (Lipinski definition) is 1. The van der Waals surface area contributed by atoms with Gasteiger partial charge in [-0.3, -0.25) is 9.59 Å². The van der Waals surface area contributed by atoms with E-state index in [0.29, 0.717) is 74.4 Å². The third-order valence-electron chi connectivity index (χ3n) is 5.71. The molecule has 4 rings (SSSR count). The minimum atomic E-state index is -4.41. The summed E-state index contributed by atoms with van der Waals surface area (Å²) in [6, 6.07) is 9.52. The zero-order valence-electron chi connectivity index (χ0n) is 17.9. The van der Waals surface area contributed by atoms with Gasteiger partial charge < -0.3 is 14.8 Å². The van der Waals surface area contributed by atoms with Crippen LogP contribution in [-0.4, -0.2) is 51.9 Å². The van der Waals surface area contributed by atoms with Crippen LogP contribution in [0, 0.1) is 0 Å². The molecule has 3 aromatic rings. The van der Waals surface area contributed by atoms with Gasteiger partial charge >= 0.3 is 6.18 Å². The summed E-state index contributed by atoms with van der Waals surface area (Å²) in [6.07, 6.45) is -1.50. The molecule has 0 bridgehead atoms. The van der Waals surface area contributed by atoms with Gasteiger partial charge in [0.15, 0.2) is 0 Å². The smallest absolute Gasteiger partial charge is 0.355 e. The van der Waals surface area contributed by atoms with Gasteiger partial charge in [-0.05, 0) is 37.1 Å². The van der Waals surface area contributed by atoms with Crippen LogP contribution in [0.15, 0.2) is 47.4 Å². The van der Waals surface area contributed by atoms with Crippen molar-refractivity contribution in [1.29, 1.82) is 0 Å². The number of amides is 1. The summed E-state index contributed by atoms with van der Waals surface area (Å²) in [7, 11) is 0. The molecule has 7 nitrogen and oxygen atoms in total. The highest BCUT2D eigenvalue weighted by atomic mass is 19.4. The van der Waals surface area contributed by atoms with E-state index >= 15 is 0 Å². The first-order valence-corrected chi connectivity index (χ1v) is 10.9. The Balaban J connectivity index is 1.29. The van der Waals surface area contributed by atoms with Crippen molar-refractivity contribution in [2.75, 3.05) is 31.1 Å². The molecule has 1 fully saturated rings. The maximum atomic E-state index is 12.7. The number of fused-ring (bicyclic) bond motifs is 1. The van der Waals surface area contributed by atoms with Gasteiger partial charge in [-0.15, -0.1) is 0 Å². The van der Waals surface area contributed by atoms with E-state index in [1.54, 1.807) is 23.1 Å². The standard InChI is InChI=1S/C23H24F3N5O2/c24-23(25,26)16-9-10-20(27-15-16)30-11-4-12-31(14-13-30)21(32)8-3-7-19-28-18-6-2-1-5-17(18)22(33)29-19/h1-2,5-6,9-10,15H,3-4,7-8,11-14H2,(H,28,29,33). The molecule has 0 spiro atoms. The van der Waals surface area contributed by atoms with Crippen molar-refractivity contribution >= 4 is 22.6 Å². The van der Waals surface area contributed by atoms with Gasteiger partial charge in [0.25, 0.3) is 5.56 Å². The normalized spacial score (nSPS) is 15.0. The molecule has 1 aliphatic rings. The second-order valence-electron chi connectivity index (χ2n) is 8.01. The number of aromatic amines is 1. The Labute approximate surface area is 188 Å². The zero-order chi connectivity index (χ0) is 23.4. The lowest BCUT2D eigenvalue weighted by atomic mass is 10.2. The molecule has 1 aliphatic heterocycles. The number of nitrogens with one attached hydrogen (secondary N) is 1. The molecule has 1 N–H and O–H groups in total. The van der Waals surface area contributed by atoms with Crippen LogP contribution in [0.3, 0.4) is 0 Å². The fourth-order valence-electron chi connectivity index (χ4n) is 3.96. The largest absolute Gasteiger partial charge is 0.417 e. The van der Waals surface area contributed by atoms with E-state index < -0.39 is 11.7 Å². The minimum absolute atomic E-state index is 0.0142. The van der Waals surface area contributed by atoms with Crippen molar-refractivity contribution in [3.63, 3.8) is 0 Å². The molecule has 0 atom stereocenters. The minimum Gasteiger partial charge on any atom is -0.355 e. The van der Waals surface area contributed by atoms with E-state index in [1.165, 1.54) is 6.07 Å². The second kappa shape index (κ2) is 9.60. The van der Waals surface area contributed by atoms with Crippen LogP contribution >= 0.6 is 0 Å². The molecule has 33 heavy (non-hydrogen) atoms. The third kappa shape index (κ3) is 5.50. The van der Waals surface area contributed by atoms with E-state index in [1.807, 2.05) is 11.0 Å². The Morgan fingerprint density at radius 1 is 1.06 bits per heavy atom. The van der Waals surface area contributed by atoms with E-state index in [2.05, 4.69) is 15.0 Å². The predicted molar refractivity (Wildman–Crippen MR) is 118 cm³/mol. The number of aryl methyl sites for hydroxylation is 1. The highest BCUT2D eigenvalue weighted by Crippen LogP contribution is 2.29. The topological polar surface area (TPSA) is 82.2 Å². The predicted octanol–water partition coefficient (Wildman–Crippen LogP) is 3.40. The number of halogens is 3. The van der Waals surface area contributed by atoms with Crippen LogP contribution in [0.4, 0.5) is 19.0 Å². The van der Waals surface area contributed by atoms with Crippen molar-refractivity contribution in [3.05, 3.63) is 64.3 Å². The van der Waals surface area contributed by atoms with Gasteiger partial charge in [0.05, 0.1) is 16.5 Å². The molecule has 3 heterocycles. The number of rotatable bonds is 5. The number of carbonyl (C=O) groups excluding carboxylic acids is 1. The number of alkyl halides is 3. The first kappa shape index (κ1) is 22.8. The fourth-order valence-corrected chi connectivity index (χ4v) is 3.96. The van der Waals surface area contributed by atoms with Crippen LogP contribution in [0.25, 0.3) is 10.9 Å². The van der Waals surface area contributed by atoms with E-state index in [4.69, 9.17) is 0 Å². The molecular formula is C23H24F3N5O2. The number of aromatic nitrogens is 3. The van der Waals surface area contributed by atoms with Crippen molar-refractivity contribution in [3.8, 4) is 0 Å². The van der Waals surface area contributed by atoms with Crippen molar-refractivity contribution in [2.45, 2.75) is 31.9 Å². The molecule has 0 aliphatic carbocycles. The Hall–Kier alpha value is -3.43. The maximum Gasteiger partial charge on any atom is 0.417 e. The molecule has 1 saturated heterocycles. The lowest BCUT2D eigenvalue weighted by molar-refractivity contribution is -0.137. The van der Waals surface area contributed by atoms with Crippen LogP contribution in [-0.2, 0) is 17.4 Å². The number of carbonyl (C=O) groups is 1. The van der Waals surface area contributed by atoms with E-state index in [9.17, 15) is 22.8 Å². The van der Waals surface area contributed by atoms with E-state index in [-0.39, 0.29) is 11.5 Å². The highest BCUT2D eigenvalue weighted by molar-refractivity contribution is 5.77. The van der Waals surface area contributed by atoms with Gasteiger partial charge in [-0.25, -0.2) is 9.97 Å². The molecule has 10 heteroatoms. The van der Waals surface area contributed by atoms with Gasteiger partial charge in [-0.2, -0.15) is 13.2 Å². The molecule has 174 valence electrons. The SMILES string of the molecule is O=C(CCCc1nc2ccccc2c(=O)[nH]1)N1CCCN(c2ccc(C(F)(F)F)cn2)CC1. The Morgan fingerprint density at radius 2 is 1.88 bits per heavy atom. The van der Waals surface area contributed by atoms with Gasteiger partial charge in [0.2, 0.25) is 5.91 Å². The third-order valence-corrected chi connectivity index (χ3v) is 5.71. The van der Waals surface area contributed by atoms with Gasteiger partial charge in [0.1, 0.15) is 11.6 Å². The van der Waals surface area contributed by atoms with Crippen LogP contribution in [0.5, 0.6) is 0 Å². The zero-order valence-corrected chi connectivity index (χ0v) is 17.9. The maximum absolute atomic E-state index is 12.7. The average Bonchev–Trinajstić information content (AvgIpc) is 3.05. The molecule has 1 amide bonds. The van der Waals surface area contributed by atoms with Gasteiger partial charge in [0, 0.05) is 45.2 Å². The van der Waals surface area contributed by atoms with Crippen LogP contribution < -0.4 is 10.5 Å². The number of H-pyrrole nitrogens is 1. The summed E-state index contributed by atoms with van der Waals surface area (Å²) < 4.78 is 38.2. The number of anilines is 1. The van der Waals surface area contributed by atoms with Crippen LogP contribution in [0.1, 0.15) is 30.7 Å². The van der Waals surface area contributed by atoms with Crippen molar-refractivity contribution in [2.24, 2.45) is 0 Å². The van der Waals surface area contributed by atoms with Crippen LogP contribution in [0.2, 0.25) is 0 Å². The van der Waals surface area contributed by atoms with E-state index in [0.717, 1.165) is 12.3 Å². The summed E-state index contributed by atoms with van der Waals surface area (Å²) in [5.41, 5.74) is -0.335. The Morgan fingerprint density at radius 3 is 2.64 bits per heavy atom. The summed E-state index contributed by atoms with van der Waals surface area (Å²) in [4.78, 5) is 39.7. The molecule has 2 aromatic heterocycles. The molecule has 0 radical (unpaired) electrons. The number of nitrogens with zero attached hydrogens (tertiary/aromatic N) is 4. The summed E-state index contributed by atoms with van der Waals surface area (Å²) in [5, 5.41) is 0.536. The molecular weight excluding hydrogens is 435 g/mol. The van der Waals surface area contributed by atoms with Gasteiger partial charge in [-0.1, -0.05) is 12.1 Å². The second-order valence-corrected chi connectivity index (χ2v) is 8.01. The quantitative estimate of drug-likeness (QED) is 0.633. The van der Waals surface area contributed by atoms with Crippen molar-refractivity contribution < 1.29 is 18.0 Å². The summed E-state index contributed by atoms with van der Waals surface area (Å²) >= 11 is 0. The highest BCUT2D eigenvalue weighted by Gasteiger charge is 2.31. The number of para-hydroxylation sites is 1. The lowest BCUT2D eigenvalue weighted by Gasteiger charge is -2.23. The Bertz CT molecular complexity index is 1180.